The first-order valence-corrected chi connectivity index (χ1v) is 8.51. The Morgan fingerprint density at radius 2 is 1.85 bits per heavy atom. The van der Waals surface area contributed by atoms with Gasteiger partial charge in [-0.2, -0.15) is 0 Å². The number of carbonyl (C=O) groups is 2. The number of benzene rings is 2. The van der Waals surface area contributed by atoms with E-state index in [0.29, 0.717) is 23.6 Å². The van der Waals surface area contributed by atoms with Crippen LogP contribution < -0.4 is 20.3 Å². The van der Waals surface area contributed by atoms with Crippen molar-refractivity contribution in [3.05, 3.63) is 54.1 Å². The van der Waals surface area contributed by atoms with Crippen LogP contribution in [0, 0.1) is 0 Å². The van der Waals surface area contributed by atoms with Gasteiger partial charge in [-0.25, -0.2) is 0 Å². The number of carbonyl (C=O) groups excluding carboxylic acids is 2. The molecule has 0 radical (unpaired) electrons. The Morgan fingerprint density at radius 3 is 2.46 bits per heavy atom. The number of amides is 2. The van der Waals surface area contributed by atoms with Crippen molar-refractivity contribution in [2.45, 2.75) is 13.8 Å². The van der Waals surface area contributed by atoms with Crippen LogP contribution in [-0.2, 0) is 4.79 Å². The second-order valence-corrected chi connectivity index (χ2v) is 5.90. The minimum atomic E-state index is -0.322. The zero-order valence-corrected chi connectivity index (χ0v) is 15.7. The van der Waals surface area contributed by atoms with Crippen molar-refractivity contribution in [3.8, 4) is 5.75 Å². The highest BCUT2D eigenvalue weighted by Gasteiger charge is 2.10. The van der Waals surface area contributed by atoms with Gasteiger partial charge in [0.1, 0.15) is 5.75 Å². The highest BCUT2D eigenvalue weighted by atomic mass is 32.1. The maximum atomic E-state index is 12.3. The van der Waals surface area contributed by atoms with Gasteiger partial charge in [-0.15, -0.1) is 0 Å². The lowest BCUT2D eigenvalue weighted by molar-refractivity contribution is -0.116. The zero-order chi connectivity index (χ0) is 19.1. The van der Waals surface area contributed by atoms with Gasteiger partial charge in [0.15, 0.2) is 5.11 Å². The van der Waals surface area contributed by atoms with Crippen molar-refractivity contribution >= 4 is 40.5 Å². The molecule has 0 aliphatic carbocycles. The molecule has 2 amide bonds. The van der Waals surface area contributed by atoms with Crippen LogP contribution in [0.25, 0.3) is 0 Å². The van der Waals surface area contributed by atoms with Crippen LogP contribution in [0.2, 0.25) is 0 Å². The average Bonchev–Trinajstić information content (AvgIpc) is 2.62. The Kier molecular flexibility index (Phi) is 6.68. The van der Waals surface area contributed by atoms with Gasteiger partial charge in [0.2, 0.25) is 5.91 Å². The molecule has 0 spiro atoms. The normalized spacial score (nSPS) is 9.96. The van der Waals surface area contributed by atoms with Crippen LogP contribution in [0.3, 0.4) is 0 Å². The summed E-state index contributed by atoms with van der Waals surface area (Å²) < 4.78 is 5.39. The third-order valence-corrected chi connectivity index (χ3v) is 3.82. The molecule has 136 valence electrons. The maximum Gasteiger partial charge on any atom is 0.257 e. The van der Waals surface area contributed by atoms with E-state index in [2.05, 4.69) is 10.6 Å². The van der Waals surface area contributed by atoms with Gasteiger partial charge in [0, 0.05) is 30.9 Å². The highest BCUT2D eigenvalue weighted by molar-refractivity contribution is 7.80. The summed E-state index contributed by atoms with van der Waals surface area (Å²) >= 11 is 5.18. The van der Waals surface area contributed by atoms with Crippen LogP contribution >= 0.6 is 12.2 Å². The highest BCUT2D eigenvalue weighted by Crippen LogP contribution is 2.17. The molecule has 0 aliphatic heterocycles. The van der Waals surface area contributed by atoms with E-state index in [9.17, 15) is 9.59 Å². The van der Waals surface area contributed by atoms with E-state index in [4.69, 9.17) is 17.0 Å². The molecule has 0 atom stereocenters. The van der Waals surface area contributed by atoms with Gasteiger partial charge in [0.25, 0.3) is 5.91 Å². The monoisotopic (exact) mass is 371 g/mol. The van der Waals surface area contributed by atoms with Gasteiger partial charge in [0.05, 0.1) is 6.61 Å². The lowest BCUT2D eigenvalue weighted by Crippen LogP contribution is -2.34. The van der Waals surface area contributed by atoms with Crippen LogP contribution in [0.5, 0.6) is 5.75 Å². The topological polar surface area (TPSA) is 70.7 Å². The van der Waals surface area contributed by atoms with Crippen molar-refractivity contribution in [2.75, 3.05) is 23.9 Å². The summed E-state index contributed by atoms with van der Waals surface area (Å²) in [6, 6.07) is 14.0. The Balaban J connectivity index is 1.96. The first-order chi connectivity index (χ1) is 12.4. The van der Waals surface area contributed by atoms with Gasteiger partial charge in [-0.05, 0) is 61.6 Å². The summed E-state index contributed by atoms with van der Waals surface area (Å²) in [5, 5.41) is 5.76. The van der Waals surface area contributed by atoms with Crippen molar-refractivity contribution in [1.29, 1.82) is 0 Å². The van der Waals surface area contributed by atoms with Gasteiger partial charge in [-0.3, -0.25) is 14.9 Å². The van der Waals surface area contributed by atoms with E-state index >= 15 is 0 Å². The van der Waals surface area contributed by atoms with Gasteiger partial charge in [-0.1, -0.05) is 6.07 Å². The molecular weight excluding hydrogens is 350 g/mol. The number of ether oxygens (including phenoxy) is 1. The number of nitrogens with one attached hydrogen (secondary N) is 2. The van der Waals surface area contributed by atoms with Crippen LogP contribution in [0.4, 0.5) is 11.4 Å². The number of hydrogen-bond acceptors (Lipinski definition) is 4. The fourth-order valence-electron chi connectivity index (χ4n) is 2.18. The number of rotatable bonds is 5. The minimum Gasteiger partial charge on any atom is -0.494 e. The molecule has 2 aromatic carbocycles. The third kappa shape index (κ3) is 5.29. The molecule has 7 heteroatoms. The summed E-state index contributed by atoms with van der Waals surface area (Å²) in [6.45, 7) is 3.91. The molecule has 0 unspecified atom stereocenters. The quantitative estimate of drug-likeness (QED) is 0.790. The van der Waals surface area contributed by atoms with E-state index in [1.807, 2.05) is 6.92 Å². The molecule has 2 aromatic rings. The fourth-order valence-corrected chi connectivity index (χ4v) is 2.39. The molecule has 0 heterocycles. The molecule has 0 aromatic heterocycles. The minimum absolute atomic E-state index is 0.0530. The lowest BCUT2D eigenvalue weighted by atomic mass is 10.2. The van der Waals surface area contributed by atoms with Crippen molar-refractivity contribution < 1.29 is 14.3 Å². The average molecular weight is 371 g/mol. The first-order valence-electron chi connectivity index (χ1n) is 8.10. The number of hydrogen-bond donors (Lipinski definition) is 2. The Hall–Kier alpha value is -2.93. The van der Waals surface area contributed by atoms with E-state index < -0.39 is 0 Å². The van der Waals surface area contributed by atoms with Crippen molar-refractivity contribution in [1.82, 2.24) is 5.32 Å². The standard InChI is InChI=1S/C19H21N3O3S/c1-4-25-17-7-5-6-14(12-17)18(24)21-19(26)20-15-8-10-16(11-9-15)22(3)13(2)23/h5-12H,4H2,1-3H3,(H2,20,21,24,26). The molecule has 6 nitrogen and oxygen atoms in total. The van der Waals surface area contributed by atoms with Crippen LogP contribution in [-0.4, -0.2) is 30.6 Å². The molecular formula is C19H21N3O3S. The Labute approximate surface area is 158 Å². The summed E-state index contributed by atoms with van der Waals surface area (Å²) in [5.41, 5.74) is 1.93. The third-order valence-electron chi connectivity index (χ3n) is 3.62. The lowest BCUT2D eigenvalue weighted by Gasteiger charge is -2.16. The Bertz CT molecular complexity index is 806. The summed E-state index contributed by atoms with van der Waals surface area (Å²) in [6.07, 6.45) is 0. The zero-order valence-electron chi connectivity index (χ0n) is 14.9. The largest absolute Gasteiger partial charge is 0.494 e. The summed E-state index contributed by atoms with van der Waals surface area (Å²) in [4.78, 5) is 25.2. The number of anilines is 2. The maximum absolute atomic E-state index is 12.3. The molecule has 0 saturated carbocycles. The van der Waals surface area contributed by atoms with Crippen LogP contribution in [0.1, 0.15) is 24.2 Å². The van der Waals surface area contributed by atoms with E-state index in [1.54, 1.807) is 55.6 Å². The molecule has 2 rings (SSSR count). The smallest absolute Gasteiger partial charge is 0.257 e. The Morgan fingerprint density at radius 1 is 1.15 bits per heavy atom. The fraction of sp³-hybridized carbons (Fsp3) is 0.211. The predicted octanol–water partition coefficient (Wildman–Crippen LogP) is 3.19. The second-order valence-electron chi connectivity index (χ2n) is 5.49. The van der Waals surface area contributed by atoms with Crippen molar-refractivity contribution in [3.63, 3.8) is 0 Å². The molecule has 26 heavy (non-hydrogen) atoms. The predicted molar refractivity (Wildman–Crippen MR) is 107 cm³/mol. The molecule has 0 aliphatic rings. The second kappa shape index (κ2) is 8.96. The number of nitrogens with zero attached hydrogens (tertiary/aromatic N) is 1. The van der Waals surface area contributed by atoms with Gasteiger partial charge < -0.3 is 15.0 Å². The SMILES string of the molecule is CCOc1cccc(C(=O)NC(=S)Nc2ccc(N(C)C(C)=O)cc2)c1. The van der Waals surface area contributed by atoms with E-state index in [1.165, 1.54) is 11.8 Å². The molecule has 0 bridgehead atoms. The number of thiocarbonyl (C=S) groups is 1. The van der Waals surface area contributed by atoms with E-state index in [-0.39, 0.29) is 16.9 Å². The van der Waals surface area contributed by atoms with E-state index in [0.717, 1.165) is 5.69 Å². The van der Waals surface area contributed by atoms with Crippen molar-refractivity contribution in [2.24, 2.45) is 0 Å². The van der Waals surface area contributed by atoms with Crippen LogP contribution in [0.15, 0.2) is 48.5 Å². The summed E-state index contributed by atoms with van der Waals surface area (Å²) in [5.74, 6) is 0.254. The molecule has 2 N–H and O–H groups in total. The first kappa shape index (κ1) is 19.4. The molecule has 0 saturated heterocycles. The molecule has 0 fully saturated rings. The van der Waals surface area contributed by atoms with Gasteiger partial charge >= 0.3 is 0 Å². The summed E-state index contributed by atoms with van der Waals surface area (Å²) in [7, 11) is 1.70.